The number of nitrogens with zero attached hydrogens (tertiary/aromatic N) is 3. The summed E-state index contributed by atoms with van der Waals surface area (Å²) in [5.41, 5.74) is 2.11. The van der Waals surface area contributed by atoms with Gasteiger partial charge in [0.15, 0.2) is 5.69 Å². The standard InChI is InChI=1S/C20H17FN4OS/c1-12(2)17-11-16(19(26)22-14-8-4-3-7-13(14)21)24-25(17)20-23-15-9-5-6-10-18(15)27-20/h3-12H,1-2H3,(H,22,26). The summed E-state index contributed by atoms with van der Waals surface area (Å²) in [7, 11) is 0. The van der Waals surface area contributed by atoms with Gasteiger partial charge in [-0.05, 0) is 36.2 Å². The summed E-state index contributed by atoms with van der Waals surface area (Å²) in [6.45, 7) is 4.05. The van der Waals surface area contributed by atoms with Crippen LogP contribution in [-0.4, -0.2) is 20.7 Å². The average Bonchev–Trinajstić information content (AvgIpc) is 3.27. The van der Waals surface area contributed by atoms with E-state index in [0.717, 1.165) is 15.9 Å². The average molecular weight is 380 g/mol. The molecule has 2 aromatic heterocycles. The van der Waals surface area contributed by atoms with Gasteiger partial charge in [0, 0.05) is 0 Å². The molecule has 0 aliphatic rings. The molecule has 27 heavy (non-hydrogen) atoms. The van der Waals surface area contributed by atoms with Gasteiger partial charge in [-0.1, -0.05) is 49.4 Å². The molecule has 0 radical (unpaired) electrons. The number of carbonyl (C=O) groups excluding carboxylic acids is 1. The lowest BCUT2D eigenvalue weighted by atomic mass is 10.1. The third kappa shape index (κ3) is 3.33. The van der Waals surface area contributed by atoms with Gasteiger partial charge in [0.05, 0.1) is 21.6 Å². The van der Waals surface area contributed by atoms with Crippen molar-refractivity contribution in [3.05, 3.63) is 71.8 Å². The van der Waals surface area contributed by atoms with Crippen molar-refractivity contribution in [2.45, 2.75) is 19.8 Å². The summed E-state index contributed by atoms with van der Waals surface area (Å²) in [6, 6.07) is 15.6. The van der Waals surface area contributed by atoms with Crippen molar-refractivity contribution in [1.29, 1.82) is 0 Å². The predicted molar refractivity (Wildman–Crippen MR) is 105 cm³/mol. The number of hydrogen-bond donors (Lipinski definition) is 1. The molecule has 1 amide bonds. The summed E-state index contributed by atoms with van der Waals surface area (Å²) in [4.78, 5) is 17.2. The molecule has 136 valence electrons. The Morgan fingerprint density at radius 2 is 1.89 bits per heavy atom. The van der Waals surface area contributed by atoms with E-state index in [9.17, 15) is 9.18 Å². The Morgan fingerprint density at radius 1 is 1.15 bits per heavy atom. The predicted octanol–water partition coefficient (Wildman–Crippen LogP) is 5.00. The minimum Gasteiger partial charge on any atom is -0.318 e. The van der Waals surface area contributed by atoms with E-state index < -0.39 is 11.7 Å². The van der Waals surface area contributed by atoms with Crippen LogP contribution >= 0.6 is 11.3 Å². The number of para-hydroxylation sites is 2. The zero-order valence-electron chi connectivity index (χ0n) is 14.8. The lowest BCUT2D eigenvalue weighted by Crippen LogP contribution is -2.14. The summed E-state index contributed by atoms with van der Waals surface area (Å²) in [5, 5.41) is 7.73. The van der Waals surface area contributed by atoms with Crippen molar-refractivity contribution in [3.8, 4) is 5.13 Å². The van der Waals surface area contributed by atoms with Crippen molar-refractivity contribution in [2.24, 2.45) is 0 Å². The smallest absolute Gasteiger partial charge is 0.276 e. The molecule has 0 bridgehead atoms. The molecule has 0 saturated heterocycles. The maximum absolute atomic E-state index is 13.8. The fraction of sp³-hybridized carbons (Fsp3) is 0.150. The number of aromatic nitrogens is 3. The van der Waals surface area contributed by atoms with Crippen LogP contribution in [0.3, 0.4) is 0 Å². The Balaban J connectivity index is 1.72. The molecule has 7 heteroatoms. The number of thiazole rings is 1. The third-order valence-corrected chi connectivity index (χ3v) is 5.16. The van der Waals surface area contributed by atoms with E-state index in [2.05, 4.69) is 15.4 Å². The summed E-state index contributed by atoms with van der Waals surface area (Å²) >= 11 is 1.51. The van der Waals surface area contributed by atoms with E-state index in [1.165, 1.54) is 23.5 Å². The summed E-state index contributed by atoms with van der Waals surface area (Å²) < 4.78 is 16.6. The summed E-state index contributed by atoms with van der Waals surface area (Å²) in [6.07, 6.45) is 0. The first kappa shape index (κ1) is 17.4. The highest BCUT2D eigenvalue weighted by Gasteiger charge is 2.20. The zero-order valence-corrected chi connectivity index (χ0v) is 15.6. The van der Waals surface area contributed by atoms with Gasteiger partial charge in [-0.15, -0.1) is 0 Å². The first-order valence-corrected chi connectivity index (χ1v) is 9.36. The molecule has 0 atom stereocenters. The molecule has 2 aromatic carbocycles. The largest absolute Gasteiger partial charge is 0.318 e. The SMILES string of the molecule is CC(C)c1cc(C(=O)Nc2ccccc2F)nn1-c1nc2ccccc2s1. The molecule has 2 heterocycles. The molecule has 4 rings (SSSR count). The maximum Gasteiger partial charge on any atom is 0.276 e. The van der Waals surface area contributed by atoms with Gasteiger partial charge in [0.25, 0.3) is 5.91 Å². The highest BCUT2D eigenvalue weighted by atomic mass is 32.1. The van der Waals surface area contributed by atoms with Crippen molar-refractivity contribution < 1.29 is 9.18 Å². The number of halogens is 1. The highest BCUT2D eigenvalue weighted by Crippen LogP contribution is 2.28. The Hall–Kier alpha value is -3.06. The second-order valence-electron chi connectivity index (χ2n) is 6.42. The second kappa shape index (κ2) is 6.92. The number of rotatable bonds is 4. The maximum atomic E-state index is 13.8. The molecule has 0 saturated carbocycles. The Morgan fingerprint density at radius 3 is 2.63 bits per heavy atom. The number of fused-ring (bicyclic) bond motifs is 1. The number of amides is 1. The van der Waals surface area contributed by atoms with E-state index in [-0.39, 0.29) is 17.3 Å². The van der Waals surface area contributed by atoms with Gasteiger partial charge >= 0.3 is 0 Å². The minimum absolute atomic E-state index is 0.128. The van der Waals surface area contributed by atoms with Crippen LogP contribution in [0.25, 0.3) is 15.3 Å². The molecule has 0 unspecified atom stereocenters. The van der Waals surface area contributed by atoms with Crippen molar-refractivity contribution in [2.75, 3.05) is 5.32 Å². The number of anilines is 1. The van der Waals surface area contributed by atoms with Crippen LogP contribution in [0.15, 0.2) is 54.6 Å². The molecule has 0 aliphatic carbocycles. The molecule has 1 N–H and O–H groups in total. The molecule has 5 nitrogen and oxygen atoms in total. The van der Waals surface area contributed by atoms with Gasteiger partial charge < -0.3 is 5.32 Å². The topological polar surface area (TPSA) is 59.8 Å². The number of carbonyl (C=O) groups is 1. The van der Waals surface area contributed by atoms with Gasteiger partial charge in [0.2, 0.25) is 5.13 Å². The Kier molecular flexibility index (Phi) is 4.45. The van der Waals surface area contributed by atoms with Crippen LogP contribution in [0.1, 0.15) is 35.9 Å². The fourth-order valence-electron chi connectivity index (χ4n) is 2.77. The molecule has 0 fully saturated rings. The van der Waals surface area contributed by atoms with E-state index >= 15 is 0 Å². The monoisotopic (exact) mass is 380 g/mol. The van der Waals surface area contributed by atoms with Crippen molar-refractivity contribution >= 4 is 33.1 Å². The van der Waals surface area contributed by atoms with E-state index in [4.69, 9.17) is 0 Å². The molecule has 0 aliphatic heterocycles. The van der Waals surface area contributed by atoms with Crippen LogP contribution in [0.5, 0.6) is 0 Å². The molecule has 4 aromatic rings. The first-order valence-electron chi connectivity index (χ1n) is 8.54. The quantitative estimate of drug-likeness (QED) is 0.542. The normalized spacial score (nSPS) is 11.3. The minimum atomic E-state index is -0.486. The summed E-state index contributed by atoms with van der Waals surface area (Å²) in [5.74, 6) is -0.804. The molecule has 0 spiro atoms. The number of nitrogens with one attached hydrogen (secondary N) is 1. The van der Waals surface area contributed by atoms with Gasteiger partial charge in [0.1, 0.15) is 5.82 Å². The number of benzene rings is 2. The second-order valence-corrected chi connectivity index (χ2v) is 7.43. The lowest BCUT2D eigenvalue weighted by molar-refractivity contribution is 0.102. The van der Waals surface area contributed by atoms with Crippen LogP contribution in [0, 0.1) is 5.82 Å². The van der Waals surface area contributed by atoms with Crippen LogP contribution in [-0.2, 0) is 0 Å². The lowest BCUT2D eigenvalue weighted by Gasteiger charge is -2.05. The Labute approximate surface area is 159 Å². The van der Waals surface area contributed by atoms with Crippen molar-refractivity contribution in [3.63, 3.8) is 0 Å². The number of hydrogen-bond acceptors (Lipinski definition) is 4. The zero-order chi connectivity index (χ0) is 19.0. The van der Waals surface area contributed by atoms with E-state index in [1.807, 2.05) is 38.1 Å². The highest BCUT2D eigenvalue weighted by molar-refractivity contribution is 7.20. The van der Waals surface area contributed by atoms with E-state index in [0.29, 0.717) is 5.13 Å². The third-order valence-electron chi connectivity index (χ3n) is 4.15. The molecular formula is C20H17FN4OS. The van der Waals surface area contributed by atoms with Crippen LogP contribution in [0.4, 0.5) is 10.1 Å². The van der Waals surface area contributed by atoms with E-state index in [1.54, 1.807) is 22.9 Å². The first-order chi connectivity index (χ1) is 13.0. The van der Waals surface area contributed by atoms with Crippen LogP contribution < -0.4 is 5.32 Å². The van der Waals surface area contributed by atoms with Crippen molar-refractivity contribution in [1.82, 2.24) is 14.8 Å². The van der Waals surface area contributed by atoms with Gasteiger partial charge in [-0.2, -0.15) is 5.10 Å². The van der Waals surface area contributed by atoms with Gasteiger partial charge in [-0.25, -0.2) is 14.1 Å². The van der Waals surface area contributed by atoms with Gasteiger partial charge in [-0.3, -0.25) is 4.79 Å². The van der Waals surface area contributed by atoms with Crippen LogP contribution in [0.2, 0.25) is 0 Å². The molecular weight excluding hydrogens is 363 g/mol. The fourth-order valence-corrected chi connectivity index (χ4v) is 3.71. The Bertz CT molecular complexity index is 1100.